The molecule has 1 heterocycles. The highest BCUT2D eigenvalue weighted by molar-refractivity contribution is 6.27. The number of carbonyl (C=O) groups excluding carboxylic acids is 3. The van der Waals surface area contributed by atoms with Crippen molar-refractivity contribution in [1.29, 1.82) is 0 Å². The molecule has 0 N–H and O–H groups in total. The number of allylic oxidation sites excluding steroid dienone is 4. The van der Waals surface area contributed by atoms with Crippen molar-refractivity contribution >= 4 is 17.3 Å². The van der Waals surface area contributed by atoms with Crippen LogP contribution in [0.3, 0.4) is 0 Å². The molecule has 1 unspecified atom stereocenters. The fourth-order valence-electron chi connectivity index (χ4n) is 4.36. The molecule has 138 valence electrons. The van der Waals surface area contributed by atoms with Gasteiger partial charge in [0.15, 0.2) is 17.3 Å². The van der Waals surface area contributed by atoms with E-state index in [2.05, 4.69) is 0 Å². The molecule has 0 saturated heterocycles. The number of ether oxygens (including phenoxy) is 1. The zero-order chi connectivity index (χ0) is 19.4. The minimum absolute atomic E-state index is 0.00233. The Bertz CT molecular complexity index is 1120. The number of carbonyl (C=O) groups is 3. The molecule has 2 aromatic carbocycles. The van der Waals surface area contributed by atoms with Crippen molar-refractivity contribution in [3.8, 4) is 0 Å². The van der Waals surface area contributed by atoms with Gasteiger partial charge in [-0.15, -0.1) is 0 Å². The van der Waals surface area contributed by atoms with Gasteiger partial charge in [-0.25, -0.2) is 0 Å². The number of fused-ring (bicyclic) bond motifs is 1. The third-order valence-corrected chi connectivity index (χ3v) is 5.73. The summed E-state index contributed by atoms with van der Waals surface area (Å²) in [6.45, 7) is 1.99. The molecule has 4 nitrogen and oxygen atoms in total. The molecule has 0 fully saturated rings. The maximum absolute atomic E-state index is 13.4. The summed E-state index contributed by atoms with van der Waals surface area (Å²) in [7, 11) is 0. The molecular weight excluding hydrogens is 352 g/mol. The van der Waals surface area contributed by atoms with Crippen molar-refractivity contribution in [2.75, 3.05) is 0 Å². The Labute approximate surface area is 162 Å². The van der Waals surface area contributed by atoms with Crippen molar-refractivity contribution in [2.45, 2.75) is 32.1 Å². The number of ketones is 3. The second kappa shape index (κ2) is 6.13. The van der Waals surface area contributed by atoms with Crippen LogP contribution in [0.2, 0.25) is 0 Å². The molecule has 28 heavy (non-hydrogen) atoms. The van der Waals surface area contributed by atoms with Crippen molar-refractivity contribution < 1.29 is 19.1 Å². The summed E-state index contributed by atoms with van der Waals surface area (Å²) in [5, 5.41) is 0. The summed E-state index contributed by atoms with van der Waals surface area (Å²) in [6, 6.07) is 14.6. The summed E-state index contributed by atoms with van der Waals surface area (Å²) in [4.78, 5) is 39.4. The third-order valence-electron chi connectivity index (χ3n) is 5.73. The van der Waals surface area contributed by atoms with E-state index in [0.717, 1.165) is 11.1 Å². The molecule has 4 heteroatoms. The molecule has 0 amide bonds. The van der Waals surface area contributed by atoms with Gasteiger partial charge in [-0.3, -0.25) is 14.4 Å². The summed E-state index contributed by atoms with van der Waals surface area (Å²) in [5.41, 5.74) is 3.49. The first kappa shape index (κ1) is 16.9. The van der Waals surface area contributed by atoms with Gasteiger partial charge >= 0.3 is 0 Å². The van der Waals surface area contributed by atoms with Gasteiger partial charge in [-0.2, -0.15) is 0 Å². The molecule has 0 spiro atoms. The Morgan fingerprint density at radius 2 is 1.50 bits per heavy atom. The predicted molar refractivity (Wildman–Crippen MR) is 103 cm³/mol. The van der Waals surface area contributed by atoms with Gasteiger partial charge in [0.05, 0.1) is 5.57 Å². The first-order valence-corrected chi connectivity index (χ1v) is 9.49. The zero-order valence-corrected chi connectivity index (χ0v) is 15.5. The minimum atomic E-state index is -0.558. The molecular formula is C24H18O4. The first-order valence-electron chi connectivity index (χ1n) is 9.49. The lowest BCUT2D eigenvalue weighted by Crippen LogP contribution is -2.34. The summed E-state index contributed by atoms with van der Waals surface area (Å²) < 4.78 is 5.95. The third kappa shape index (κ3) is 2.34. The number of hydrogen-bond donors (Lipinski definition) is 0. The van der Waals surface area contributed by atoms with Crippen LogP contribution in [-0.4, -0.2) is 17.3 Å². The van der Waals surface area contributed by atoms with Crippen LogP contribution in [0, 0.1) is 6.92 Å². The number of Topliss-reactive ketones (excluding diaryl/α,β-unsaturated/α-hetero) is 3. The van der Waals surface area contributed by atoms with E-state index in [0.29, 0.717) is 47.3 Å². The van der Waals surface area contributed by atoms with Gasteiger partial charge < -0.3 is 4.74 Å². The van der Waals surface area contributed by atoms with Crippen LogP contribution in [0.4, 0.5) is 0 Å². The standard InChI is InChI=1S/C24H18O4/c1-13-9-11-14(12-10-13)19-20-17(25)7-4-8-18(20)28-24-21(19)22(26)15-5-2-3-6-16(15)23(24)27/h2-3,5-6,9-12,19H,4,7-8H2,1H3. The average Bonchev–Trinajstić information content (AvgIpc) is 2.71. The topological polar surface area (TPSA) is 60.4 Å². The van der Waals surface area contributed by atoms with Gasteiger partial charge in [0, 0.05) is 35.5 Å². The van der Waals surface area contributed by atoms with E-state index in [1.165, 1.54) is 0 Å². The van der Waals surface area contributed by atoms with Crippen molar-refractivity contribution in [1.82, 2.24) is 0 Å². The van der Waals surface area contributed by atoms with Gasteiger partial charge in [-0.1, -0.05) is 54.1 Å². The van der Waals surface area contributed by atoms with E-state index in [4.69, 9.17) is 4.74 Å². The summed E-state index contributed by atoms with van der Waals surface area (Å²) in [6.07, 6.45) is 1.73. The molecule has 2 aliphatic carbocycles. The highest BCUT2D eigenvalue weighted by atomic mass is 16.5. The highest BCUT2D eigenvalue weighted by Crippen LogP contribution is 2.48. The van der Waals surface area contributed by atoms with Gasteiger partial charge in [0.1, 0.15) is 5.76 Å². The van der Waals surface area contributed by atoms with Crippen molar-refractivity contribution in [3.63, 3.8) is 0 Å². The number of aryl methyl sites for hydroxylation is 1. The fourth-order valence-corrected chi connectivity index (χ4v) is 4.36. The van der Waals surface area contributed by atoms with Crippen LogP contribution in [0.25, 0.3) is 0 Å². The quantitative estimate of drug-likeness (QED) is 0.744. The lowest BCUT2D eigenvalue weighted by molar-refractivity contribution is -0.116. The molecule has 5 rings (SSSR count). The van der Waals surface area contributed by atoms with E-state index in [9.17, 15) is 14.4 Å². The van der Waals surface area contributed by atoms with Crippen LogP contribution >= 0.6 is 0 Å². The first-order chi connectivity index (χ1) is 13.6. The van der Waals surface area contributed by atoms with E-state index in [-0.39, 0.29) is 23.1 Å². The largest absolute Gasteiger partial charge is 0.457 e. The number of hydrogen-bond acceptors (Lipinski definition) is 4. The molecule has 1 atom stereocenters. The van der Waals surface area contributed by atoms with Crippen molar-refractivity contribution in [2.24, 2.45) is 0 Å². The Hall–Kier alpha value is -3.27. The van der Waals surface area contributed by atoms with Crippen LogP contribution in [-0.2, 0) is 9.53 Å². The maximum atomic E-state index is 13.4. The molecule has 0 radical (unpaired) electrons. The molecule has 0 bridgehead atoms. The van der Waals surface area contributed by atoms with E-state index >= 15 is 0 Å². The molecule has 1 aliphatic heterocycles. The Balaban J connectivity index is 1.76. The average molecular weight is 370 g/mol. The lowest BCUT2D eigenvalue weighted by Gasteiger charge is -2.35. The monoisotopic (exact) mass is 370 g/mol. The van der Waals surface area contributed by atoms with Crippen LogP contribution < -0.4 is 0 Å². The molecule has 2 aromatic rings. The summed E-state index contributed by atoms with van der Waals surface area (Å²) in [5.74, 6) is -0.453. The predicted octanol–water partition coefficient (Wildman–Crippen LogP) is 4.45. The Morgan fingerprint density at radius 1 is 0.821 bits per heavy atom. The summed E-state index contributed by atoms with van der Waals surface area (Å²) >= 11 is 0. The van der Waals surface area contributed by atoms with E-state index in [1.807, 2.05) is 31.2 Å². The Kier molecular flexibility index (Phi) is 3.69. The van der Waals surface area contributed by atoms with Gasteiger partial charge in [0.25, 0.3) is 0 Å². The molecule has 3 aliphatic rings. The van der Waals surface area contributed by atoms with E-state index < -0.39 is 5.92 Å². The number of benzene rings is 2. The maximum Gasteiger partial charge on any atom is 0.229 e. The smallest absolute Gasteiger partial charge is 0.229 e. The second-order valence-electron chi connectivity index (χ2n) is 7.51. The molecule has 0 saturated carbocycles. The SMILES string of the molecule is Cc1ccc(C2C3=C(CCCC3=O)OC3=C2C(=O)c2ccccc2C3=O)cc1. The highest BCUT2D eigenvalue weighted by Gasteiger charge is 2.45. The fraction of sp³-hybridized carbons (Fsp3) is 0.208. The van der Waals surface area contributed by atoms with E-state index in [1.54, 1.807) is 24.3 Å². The molecule has 0 aromatic heterocycles. The van der Waals surface area contributed by atoms with Gasteiger partial charge in [0.2, 0.25) is 5.78 Å². The number of rotatable bonds is 1. The second-order valence-corrected chi connectivity index (χ2v) is 7.51. The van der Waals surface area contributed by atoms with Crippen LogP contribution in [0.15, 0.2) is 71.2 Å². The van der Waals surface area contributed by atoms with Crippen LogP contribution in [0.5, 0.6) is 0 Å². The normalized spacial score (nSPS) is 21.2. The van der Waals surface area contributed by atoms with Crippen LogP contribution in [0.1, 0.15) is 57.0 Å². The minimum Gasteiger partial charge on any atom is -0.457 e. The Morgan fingerprint density at radius 3 is 2.21 bits per heavy atom. The zero-order valence-electron chi connectivity index (χ0n) is 15.5. The lowest BCUT2D eigenvalue weighted by atomic mass is 9.71. The van der Waals surface area contributed by atoms with Crippen molar-refractivity contribution in [3.05, 3.63) is 93.4 Å². The van der Waals surface area contributed by atoms with Gasteiger partial charge in [-0.05, 0) is 18.9 Å².